The lowest BCUT2D eigenvalue weighted by molar-refractivity contribution is -0.114. The monoisotopic (exact) mass is 472 g/mol. The Kier molecular flexibility index (Phi) is 6.79. The highest BCUT2D eigenvalue weighted by molar-refractivity contribution is 7.99. The number of fused-ring (bicyclic) bond motifs is 1. The van der Waals surface area contributed by atoms with Gasteiger partial charge in [-0.25, -0.2) is 4.98 Å². The first-order valence-corrected chi connectivity index (χ1v) is 11.7. The Labute approximate surface area is 201 Å². The number of para-hydroxylation sites is 1. The Morgan fingerprint density at radius 3 is 2.29 bits per heavy atom. The Morgan fingerprint density at radius 2 is 1.62 bits per heavy atom. The third-order valence-corrected chi connectivity index (χ3v) is 6.10. The molecular formula is C26H24N4O3S. The van der Waals surface area contributed by atoms with E-state index in [0.717, 1.165) is 16.8 Å². The molecule has 8 heteroatoms. The zero-order chi connectivity index (χ0) is 24.2. The highest BCUT2D eigenvalue weighted by Crippen LogP contribution is 2.24. The molecular weight excluding hydrogens is 448 g/mol. The summed E-state index contributed by atoms with van der Waals surface area (Å²) >= 11 is 1.21. The second-order valence-corrected chi connectivity index (χ2v) is 8.88. The van der Waals surface area contributed by atoms with Gasteiger partial charge >= 0.3 is 0 Å². The number of hydrogen-bond acceptors (Lipinski definition) is 5. The molecule has 4 rings (SSSR count). The minimum atomic E-state index is -0.230. The number of hydrogen-bond donors (Lipinski definition) is 2. The largest absolute Gasteiger partial charge is 0.326 e. The van der Waals surface area contributed by atoms with Crippen LogP contribution in [0.5, 0.6) is 0 Å². The van der Waals surface area contributed by atoms with E-state index in [-0.39, 0.29) is 23.1 Å². The summed E-state index contributed by atoms with van der Waals surface area (Å²) in [5.41, 5.74) is 4.46. The molecule has 34 heavy (non-hydrogen) atoms. The Balaban J connectivity index is 1.60. The van der Waals surface area contributed by atoms with Crippen molar-refractivity contribution in [2.45, 2.75) is 25.9 Å². The molecule has 0 aliphatic rings. The third-order valence-electron chi connectivity index (χ3n) is 5.16. The van der Waals surface area contributed by atoms with Crippen molar-refractivity contribution < 1.29 is 9.59 Å². The zero-order valence-corrected chi connectivity index (χ0v) is 19.9. The van der Waals surface area contributed by atoms with E-state index in [1.807, 2.05) is 44.2 Å². The topological polar surface area (TPSA) is 93.1 Å². The summed E-state index contributed by atoms with van der Waals surface area (Å²) in [7, 11) is 0. The van der Waals surface area contributed by atoms with Gasteiger partial charge in [0.25, 0.3) is 5.56 Å². The van der Waals surface area contributed by atoms with Crippen LogP contribution >= 0.6 is 11.8 Å². The van der Waals surface area contributed by atoms with Gasteiger partial charge in [0, 0.05) is 18.3 Å². The van der Waals surface area contributed by atoms with Crippen molar-refractivity contribution in [3.8, 4) is 5.69 Å². The molecule has 1 heterocycles. The predicted octanol–water partition coefficient (Wildman–Crippen LogP) is 4.69. The van der Waals surface area contributed by atoms with Crippen LogP contribution in [0.2, 0.25) is 0 Å². The lowest BCUT2D eigenvalue weighted by Crippen LogP contribution is -2.23. The molecule has 0 bridgehead atoms. The Morgan fingerprint density at radius 1 is 0.941 bits per heavy atom. The third kappa shape index (κ3) is 5.18. The first-order valence-electron chi connectivity index (χ1n) is 10.7. The first kappa shape index (κ1) is 23.3. The fourth-order valence-corrected chi connectivity index (χ4v) is 4.45. The highest BCUT2D eigenvalue weighted by Gasteiger charge is 2.16. The molecule has 1 aromatic heterocycles. The van der Waals surface area contributed by atoms with Gasteiger partial charge in [0.15, 0.2) is 5.16 Å². The van der Waals surface area contributed by atoms with E-state index >= 15 is 0 Å². The number of carbonyl (C=O) groups is 2. The van der Waals surface area contributed by atoms with E-state index in [4.69, 9.17) is 4.98 Å². The molecule has 0 saturated heterocycles. The van der Waals surface area contributed by atoms with E-state index < -0.39 is 0 Å². The van der Waals surface area contributed by atoms with Gasteiger partial charge < -0.3 is 10.6 Å². The van der Waals surface area contributed by atoms with Gasteiger partial charge in [-0.3, -0.25) is 19.0 Å². The number of thioether (sulfide) groups is 1. The van der Waals surface area contributed by atoms with Crippen molar-refractivity contribution in [3.05, 3.63) is 88.2 Å². The fourth-order valence-electron chi connectivity index (χ4n) is 3.65. The smallest absolute Gasteiger partial charge is 0.266 e. The van der Waals surface area contributed by atoms with Crippen LogP contribution in [-0.2, 0) is 9.59 Å². The second-order valence-electron chi connectivity index (χ2n) is 7.94. The highest BCUT2D eigenvalue weighted by atomic mass is 32.2. The number of benzene rings is 3. The average molecular weight is 473 g/mol. The number of nitrogens with one attached hydrogen (secondary N) is 2. The maximum atomic E-state index is 13.4. The van der Waals surface area contributed by atoms with Crippen molar-refractivity contribution >= 4 is 45.9 Å². The molecule has 0 saturated carbocycles. The molecule has 0 unspecified atom stereocenters. The molecule has 2 N–H and O–H groups in total. The average Bonchev–Trinajstić information content (AvgIpc) is 2.80. The number of aryl methyl sites for hydroxylation is 2. The van der Waals surface area contributed by atoms with Crippen LogP contribution < -0.4 is 16.2 Å². The summed E-state index contributed by atoms with van der Waals surface area (Å²) in [6.07, 6.45) is 0. The molecule has 0 radical (unpaired) electrons. The predicted molar refractivity (Wildman–Crippen MR) is 137 cm³/mol. The maximum absolute atomic E-state index is 13.4. The summed E-state index contributed by atoms with van der Waals surface area (Å²) in [5.74, 6) is -0.318. The molecule has 172 valence electrons. The molecule has 0 spiro atoms. The van der Waals surface area contributed by atoms with E-state index in [2.05, 4.69) is 10.6 Å². The summed E-state index contributed by atoms with van der Waals surface area (Å²) < 4.78 is 1.58. The number of amides is 2. The first-order chi connectivity index (χ1) is 16.3. The van der Waals surface area contributed by atoms with Gasteiger partial charge in [-0.1, -0.05) is 41.6 Å². The molecule has 4 aromatic rings. The van der Waals surface area contributed by atoms with E-state index in [0.29, 0.717) is 27.4 Å². The lowest BCUT2D eigenvalue weighted by Gasteiger charge is -2.15. The summed E-state index contributed by atoms with van der Waals surface area (Å²) in [5, 5.41) is 6.49. The summed E-state index contributed by atoms with van der Waals surface area (Å²) in [6, 6.07) is 19.9. The summed E-state index contributed by atoms with van der Waals surface area (Å²) in [6.45, 7) is 5.39. The minimum absolute atomic E-state index is 0.0726. The number of nitrogens with zero attached hydrogens (tertiary/aromatic N) is 2. The Bertz CT molecular complexity index is 1450. The summed E-state index contributed by atoms with van der Waals surface area (Å²) in [4.78, 5) is 41.9. The van der Waals surface area contributed by atoms with Crippen LogP contribution in [0.3, 0.4) is 0 Å². The van der Waals surface area contributed by atoms with E-state index in [1.165, 1.54) is 18.7 Å². The molecule has 7 nitrogen and oxygen atoms in total. The standard InChI is InChI=1S/C26H24N4O3S/c1-16-8-13-23(17(2)14-16)30-25(33)21-6-4-5-7-22(21)29-26(30)34-15-24(32)28-20-11-9-19(10-12-20)27-18(3)31/h4-14H,15H2,1-3H3,(H,27,31)(H,28,32). The number of anilines is 2. The fraction of sp³-hybridized carbons (Fsp3) is 0.154. The second kappa shape index (κ2) is 9.93. The van der Waals surface area contributed by atoms with Gasteiger partial charge in [-0.15, -0.1) is 0 Å². The van der Waals surface area contributed by atoms with Crippen LogP contribution in [0.1, 0.15) is 18.1 Å². The zero-order valence-electron chi connectivity index (χ0n) is 19.1. The van der Waals surface area contributed by atoms with Crippen molar-refractivity contribution in [2.75, 3.05) is 16.4 Å². The van der Waals surface area contributed by atoms with Crippen LogP contribution in [0.15, 0.2) is 76.7 Å². The van der Waals surface area contributed by atoms with Crippen LogP contribution in [0, 0.1) is 13.8 Å². The van der Waals surface area contributed by atoms with Crippen molar-refractivity contribution in [2.24, 2.45) is 0 Å². The normalized spacial score (nSPS) is 10.8. The van der Waals surface area contributed by atoms with Crippen molar-refractivity contribution in [1.82, 2.24) is 9.55 Å². The van der Waals surface area contributed by atoms with Crippen LogP contribution in [0.25, 0.3) is 16.6 Å². The quantitative estimate of drug-likeness (QED) is 0.314. The van der Waals surface area contributed by atoms with Crippen LogP contribution in [0.4, 0.5) is 11.4 Å². The van der Waals surface area contributed by atoms with Crippen molar-refractivity contribution in [3.63, 3.8) is 0 Å². The number of aromatic nitrogens is 2. The van der Waals surface area contributed by atoms with Gasteiger partial charge in [-0.2, -0.15) is 0 Å². The molecule has 0 atom stereocenters. The van der Waals surface area contributed by atoms with Gasteiger partial charge in [0.2, 0.25) is 11.8 Å². The SMILES string of the molecule is CC(=O)Nc1ccc(NC(=O)CSc2nc3ccccc3c(=O)n2-c2ccc(C)cc2C)cc1. The van der Waals surface area contributed by atoms with E-state index in [9.17, 15) is 14.4 Å². The molecule has 2 amide bonds. The minimum Gasteiger partial charge on any atom is -0.326 e. The molecule has 0 aliphatic heterocycles. The molecule has 3 aromatic carbocycles. The number of carbonyl (C=O) groups excluding carboxylic acids is 2. The van der Waals surface area contributed by atoms with Gasteiger partial charge in [0.1, 0.15) is 0 Å². The van der Waals surface area contributed by atoms with Gasteiger partial charge in [-0.05, 0) is 61.9 Å². The maximum Gasteiger partial charge on any atom is 0.266 e. The number of rotatable bonds is 6. The molecule has 0 fully saturated rings. The van der Waals surface area contributed by atoms with Crippen LogP contribution in [-0.4, -0.2) is 27.1 Å². The van der Waals surface area contributed by atoms with E-state index in [1.54, 1.807) is 41.0 Å². The van der Waals surface area contributed by atoms with Gasteiger partial charge in [0.05, 0.1) is 22.3 Å². The van der Waals surface area contributed by atoms with Crippen molar-refractivity contribution in [1.29, 1.82) is 0 Å². The molecule has 0 aliphatic carbocycles. The Hall–Kier alpha value is -3.91. The lowest BCUT2D eigenvalue weighted by atomic mass is 10.1.